The Morgan fingerprint density at radius 1 is 0.176 bits per heavy atom. The van der Waals surface area contributed by atoms with Crippen molar-refractivity contribution < 1.29 is 0 Å². The minimum absolute atomic E-state index is 0.561. The van der Waals surface area contributed by atoms with E-state index in [0.29, 0.717) is 27.9 Å². The molecule has 0 atom stereocenters. The first-order valence-corrected chi connectivity index (χ1v) is 46.5. The molecule has 0 unspecified atom stereocenters. The van der Waals surface area contributed by atoms with E-state index in [9.17, 15) is 21.0 Å². The molecule has 0 aliphatic rings. The summed E-state index contributed by atoms with van der Waals surface area (Å²) in [5.74, 6) is 4.62. The molecule has 142 heavy (non-hydrogen) atoms. The first-order chi connectivity index (χ1) is 70.2. The number of hydrogen-bond acceptors (Lipinski definition) is 10. The smallest absolute Gasteiger partial charge is 0.196 e. The minimum Gasteiger partial charge on any atom is -0.294 e. The largest absolute Gasteiger partial charge is 0.294 e. The van der Waals surface area contributed by atoms with Crippen LogP contribution in [-0.4, -0.2) is 57.3 Å². The van der Waals surface area contributed by atoms with Crippen LogP contribution in [0.2, 0.25) is 0 Å². The molecule has 0 amide bonds. The van der Waals surface area contributed by atoms with Crippen LogP contribution in [0.1, 0.15) is 22.3 Å². The highest BCUT2D eigenvalue weighted by molar-refractivity contribution is 6.15. The average molecular weight is 1810 g/mol. The summed E-state index contributed by atoms with van der Waals surface area (Å²) in [4.78, 5) is 35.3. The molecule has 0 N–H and O–H groups in total. The zero-order chi connectivity index (χ0) is 95.0. The number of benzene rings is 15. The van der Waals surface area contributed by atoms with E-state index in [1.54, 1.807) is 6.07 Å². The van der Waals surface area contributed by atoms with Gasteiger partial charge in [0.1, 0.15) is 34.9 Å². The van der Waals surface area contributed by atoms with Gasteiger partial charge in [0.25, 0.3) is 0 Å². The Morgan fingerprint density at radius 2 is 0.408 bits per heavy atom. The molecule has 17 nitrogen and oxygen atoms in total. The van der Waals surface area contributed by atoms with Gasteiger partial charge >= 0.3 is 0 Å². The third-order valence-electron chi connectivity index (χ3n) is 26.7. The van der Waals surface area contributed by atoms with Crippen molar-refractivity contribution in [2.75, 3.05) is 0 Å². The Bertz CT molecular complexity index is 9780. The van der Waals surface area contributed by atoms with Crippen LogP contribution in [-0.2, 0) is 0 Å². The summed E-state index contributed by atoms with van der Waals surface area (Å²) in [6.45, 7) is 7.72. The van der Waals surface area contributed by atoms with Gasteiger partial charge in [0.05, 0.1) is 153 Å². The van der Waals surface area contributed by atoms with Gasteiger partial charge in [-0.15, -0.1) is 0 Å². The molecule has 0 fully saturated rings. The van der Waals surface area contributed by atoms with Crippen LogP contribution < -0.4 is 0 Å². The second kappa shape index (κ2) is 34.7. The Hall–Kier alpha value is -20.6. The molecule has 0 saturated heterocycles. The fourth-order valence-corrected chi connectivity index (χ4v) is 20.4. The predicted octanol–water partition coefficient (Wildman–Crippen LogP) is 30.1. The standard InChI is InChI=1S/2C42H24N6.C41H25N5/c1-44-35-15-6-2-14-32(35)36-17-10-16-34(45-36)28-24-41(47-37-18-7-3-11-29(37)30-12-4-8-19-38(30)47)46-42(25-28)48-39-20-9-5-13-31(39)33-23-27(26-43)21-22-40(33)48;43-25-27-9-7-10-29(21-27)35-14-8-15-36(45-35)30-23-41(47-37-16-4-1-11-31(37)32-12-2-5-17-38(32)47)46-42(24-30)48-39-18-6-3-13-33(39)34-22-28(26-44)19-20-40(34)48;42-26-27-20-22-28(23-21-27)34-14-9-15-35(43-34)29-24-40(45-36-16-5-1-10-30(36)31-11-2-6-17-37(31)45)44-41(25-29)46-38-18-7-3-12-32(38)33-13-4-8-19-39(33)46/h2-25H;1-24H;1-25H. The lowest BCUT2D eigenvalue weighted by Gasteiger charge is -2.15. The van der Waals surface area contributed by atoms with Gasteiger partial charge in [-0.1, -0.05) is 249 Å². The summed E-state index contributed by atoms with van der Waals surface area (Å²) < 4.78 is 13.3. The van der Waals surface area contributed by atoms with Crippen molar-refractivity contribution in [3.8, 4) is 127 Å². The van der Waals surface area contributed by atoms with Crippen molar-refractivity contribution in [3.63, 3.8) is 0 Å². The number of pyridine rings is 6. The second-order valence-corrected chi connectivity index (χ2v) is 34.8. The molecule has 12 aromatic heterocycles. The van der Waals surface area contributed by atoms with Crippen LogP contribution in [0.4, 0.5) is 5.69 Å². The number of hydrogen-bond donors (Lipinski definition) is 0. The molecule has 0 aliphatic carbocycles. The van der Waals surface area contributed by atoms with E-state index in [-0.39, 0.29) is 0 Å². The molecule has 0 spiro atoms. The third kappa shape index (κ3) is 14.3. The molecule has 27 aromatic rings. The fraction of sp³-hybridized carbons (Fsp3) is 0. The first-order valence-electron chi connectivity index (χ1n) is 46.5. The van der Waals surface area contributed by atoms with Gasteiger partial charge in [0.2, 0.25) is 0 Å². The van der Waals surface area contributed by atoms with Crippen LogP contribution in [0, 0.1) is 51.9 Å². The number of para-hydroxylation sites is 11. The number of rotatable bonds is 12. The predicted molar refractivity (Wildman–Crippen MR) is 570 cm³/mol. The highest BCUT2D eigenvalue weighted by Gasteiger charge is 2.26. The number of fused-ring (bicyclic) bond motifs is 18. The summed E-state index contributed by atoms with van der Waals surface area (Å²) in [5.41, 5.74) is 25.7. The molecule has 17 heteroatoms. The van der Waals surface area contributed by atoms with Gasteiger partial charge in [0.15, 0.2) is 5.69 Å². The van der Waals surface area contributed by atoms with Crippen molar-refractivity contribution in [2.45, 2.75) is 0 Å². The van der Waals surface area contributed by atoms with Crippen LogP contribution >= 0.6 is 0 Å². The van der Waals surface area contributed by atoms with Crippen molar-refractivity contribution in [2.24, 2.45) is 0 Å². The van der Waals surface area contributed by atoms with Crippen LogP contribution in [0.5, 0.6) is 0 Å². The van der Waals surface area contributed by atoms with E-state index in [0.717, 1.165) is 212 Å². The molecule has 12 heterocycles. The molecule has 0 bridgehead atoms. The lowest BCUT2D eigenvalue weighted by atomic mass is 10.1. The Morgan fingerprint density at radius 3 is 0.711 bits per heavy atom. The van der Waals surface area contributed by atoms with Crippen molar-refractivity contribution >= 4 is 137 Å². The summed E-state index contributed by atoms with van der Waals surface area (Å²) in [5, 5.41) is 51.7. The molecule has 27 rings (SSSR count). The quantitative estimate of drug-likeness (QED) is 0.106. The third-order valence-corrected chi connectivity index (χ3v) is 26.7. The zero-order valence-corrected chi connectivity index (χ0v) is 75.7. The lowest BCUT2D eigenvalue weighted by molar-refractivity contribution is 1.01. The van der Waals surface area contributed by atoms with E-state index < -0.39 is 0 Å². The second-order valence-electron chi connectivity index (χ2n) is 34.8. The molecule has 0 radical (unpaired) electrons. The van der Waals surface area contributed by atoms with E-state index in [1.165, 1.54) is 21.5 Å². The monoisotopic (exact) mass is 1810 g/mol. The van der Waals surface area contributed by atoms with E-state index >= 15 is 0 Å². The van der Waals surface area contributed by atoms with Gasteiger partial charge in [-0.3, -0.25) is 27.4 Å². The molecule has 0 aliphatic heterocycles. The Kier molecular flexibility index (Phi) is 20.4. The van der Waals surface area contributed by atoms with Gasteiger partial charge in [-0.2, -0.15) is 21.0 Å². The molecular formula is C125H73N17. The van der Waals surface area contributed by atoms with Gasteiger partial charge in [0, 0.05) is 98.0 Å². The van der Waals surface area contributed by atoms with Crippen molar-refractivity contribution in [3.05, 3.63) is 477 Å². The van der Waals surface area contributed by atoms with Crippen LogP contribution in [0.25, 0.3) is 238 Å². The van der Waals surface area contributed by atoms with E-state index in [2.05, 4.69) is 311 Å². The molecule has 15 aromatic carbocycles. The highest BCUT2D eigenvalue weighted by atomic mass is 15.2. The molecular weight excluding hydrogens is 1740 g/mol. The lowest BCUT2D eigenvalue weighted by Crippen LogP contribution is -2.05. The van der Waals surface area contributed by atoms with Gasteiger partial charge in [-0.25, -0.2) is 34.7 Å². The highest BCUT2D eigenvalue weighted by Crippen LogP contribution is 2.44. The normalized spacial score (nSPS) is 11.3. The minimum atomic E-state index is 0.561. The number of aromatic nitrogens is 12. The van der Waals surface area contributed by atoms with Gasteiger partial charge in [-0.05, 0) is 194 Å². The van der Waals surface area contributed by atoms with Crippen LogP contribution in [0.15, 0.2) is 443 Å². The maximum atomic E-state index is 9.71. The average Bonchev–Trinajstić information content (AvgIpc) is 1.59. The Labute approximate surface area is 812 Å². The summed E-state index contributed by atoms with van der Waals surface area (Å²) in [7, 11) is 0. The van der Waals surface area contributed by atoms with Gasteiger partial charge < -0.3 is 0 Å². The number of nitrogens with zero attached hydrogens (tertiary/aromatic N) is 17. The summed E-state index contributed by atoms with van der Waals surface area (Å²) >= 11 is 0. The van der Waals surface area contributed by atoms with Crippen LogP contribution in [0.3, 0.4) is 0 Å². The summed E-state index contributed by atoms with van der Waals surface area (Å²) in [6, 6.07) is 158. The molecule has 0 saturated carbocycles. The fourth-order valence-electron chi connectivity index (χ4n) is 20.4. The molecule has 658 valence electrons. The Balaban J connectivity index is 0.000000112. The maximum absolute atomic E-state index is 9.71. The number of nitriles is 4. The van der Waals surface area contributed by atoms with E-state index in [4.69, 9.17) is 36.5 Å². The zero-order valence-electron chi connectivity index (χ0n) is 75.7. The SMILES string of the molecule is N#Cc1ccc(-c2cccc(-c3cc(-n4c5ccccc5c5ccccc54)nc(-n4c5ccccc5c5ccccc54)c3)n2)cc1.N#Cc1cccc(-c2cccc(-c3cc(-n4c5ccccc5c5ccccc54)nc(-n4c5ccccc5c5cc(C#N)ccc54)c3)n2)c1.[C-]#[N+]c1ccccc1-c1cccc(-c2cc(-n3c4ccccc4c4ccccc43)nc(-n3c4ccccc4c4cc(C#N)ccc43)c2)n1. The topological polar surface area (TPSA) is 206 Å². The van der Waals surface area contributed by atoms with Crippen molar-refractivity contribution in [1.29, 1.82) is 21.0 Å². The summed E-state index contributed by atoms with van der Waals surface area (Å²) in [6.07, 6.45) is 0. The van der Waals surface area contributed by atoms with Crippen molar-refractivity contribution in [1.82, 2.24) is 57.3 Å². The first kappa shape index (κ1) is 83.3. The maximum Gasteiger partial charge on any atom is 0.196 e. The van der Waals surface area contributed by atoms with E-state index in [1.807, 2.05) is 182 Å².